The van der Waals surface area contributed by atoms with Gasteiger partial charge in [-0.05, 0) is 49.4 Å². The van der Waals surface area contributed by atoms with Crippen LogP contribution in [0.4, 0.5) is 5.82 Å². The highest BCUT2D eigenvalue weighted by Crippen LogP contribution is 2.29. The summed E-state index contributed by atoms with van der Waals surface area (Å²) in [6.07, 6.45) is 2.62. The number of thiophene rings is 1. The number of imidazole rings is 1. The van der Waals surface area contributed by atoms with Crippen molar-refractivity contribution in [1.29, 1.82) is 0 Å². The number of aryl methyl sites for hydroxylation is 2. The standard InChI is InChI=1S/C23H22N6O2S/c1-14-19(15(2)31-28-14)21-26-22(24-10-8-16-4-6-18(30-3)7-5-16)20-23(27-21)29(13-25-20)17-9-11-32-12-17/h4-7,9,11-13H,8,10H2,1-3H3,(H,24,26,27). The van der Waals surface area contributed by atoms with Crippen molar-refractivity contribution in [2.75, 3.05) is 19.0 Å². The Hall–Kier alpha value is -3.72. The van der Waals surface area contributed by atoms with Crippen LogP contribution in [-0.4, -0.2) is 38.3 Å². The van der Waals surface area contributed by atoms with Crippen molar-refractivity contribution in [3.63, 3.8) is 0 Å². The SMILES string of the molecule is COc1ccc(CCNc2nc(-c3c(C)noc3C)nc3c2ncn3-c2ccsc2)cc1. The molecule has 0 aliphatic rings. The predicted octanol–water partition coefficient (Wildman–Crippen LogP) is 4.81. The molecule has 0 radical (unpaired) electrons. The molecule has 0 fully saturated rings. The Labute approximate surface area is 188 Å². The maximum absolute atomic E-state index is 5.36. The summed E-state index contributed by atoms with van der Waals surface area (Å²) in [6, 6.07) is 10.1. The zero-order valence-electron chi connectivity index (χ0n) is 18.0. The van der Waals surface area contributed by atoms with Crippen LogP contribution in [0.5, 0.6) is 5.75 Å². The molecule has 0 aliphatic heterocycles. The van der Waals surface area contributed by atoms with E-state index < -0.39 is 0 Å². The minimum Gasteiger partial charge on any atom is -0.497 e. The zero-order chi connectivity index (χ0) is 22.1. The normalized spacial score (nSPS) is 11.2. The average molecular weight is 447 g/mol. The van der Waals surface area contributed by atoms with Gasteiger partial charge in [0.15, 0.2) is 22.8 Å². The van der Waals surface area contributed by atoms with Crippen molar-refractivity contribution < 1.29 is 9.26 Å². The molecule has 1 N–H and O–H groups in total. The second kappa shape index (κ2) is 8.43. The Morgan fingerprint density at radius 2 is 1.97 bits per heavy atom. The van der Waals surface area contributed by atoms with Crippen molar-refractivity contribution in [2.45, 2.75) is 20.3 Å². The van der Waals surface area contributed by atoms with Gasteiger partial charge in [0.25, 0.3) is 0 Å². The Balaban J connectivity index is 1.51. The van der Waals surface area contributed by atoms with Crippen LogP contribution in [0, 0.1) is 13.8 Å². The van der Waals surface area contributed by atoms with Crippen LogP contribution in [0.1, 0.15) is 17.0 Å². The molecule has 0 unspecified atom stereocenters. The lowest BCUT2D eigenvalue weighted by Gasteiger charge is -2.10. The van der Waals surface area contributed by atoms with E-state index in [0.717, 1.165) is 40.3 Å². The van der Waals surface area contributed by atoms with E-state index in [9.17, 15) is 0 Å². The van der Waals surface area contributed by atoms with Crippen molar-refractivity contribution in [3.05, 3.63) is 64.4 Å². The Bertz CT molecular complexity index is 1340. The Morgan fingerprint density at radius 1 is 1.12 bits per heavy atom. The lowest BCUT2D eigenvalue weighted by Crippen LogP contribution is -2.09. The van der Waals surface area contributed by atoms with E-state index in [-0.39, 0.29) is 0 Å². The molecule has 4 aromatic heterocycles. The molecule has 32 heavy (non-hydrogen) atoms. The van der Waals surface area contributed by atoms with Crippen LogP contribution < -0.4 is 10.1 Å². The summed E-state index contributed by atoms with van der Waals surface area (Å²) in [4.78, 5) is 14.3. The molecule has 1 aromatic carbocycles. The van der Waals surface area contributed by atoms with Gasteiger partial charge in [0, 0.05) is 11.9 Å². The molecular weight excluding hydrogens is 424 g/mol. The molecule has 0 atom stereocenters. The minimum atomic E-state index is 0.567. The molecule has 0 bridgehead atoms. The van der Waals surface area contributed by atoms with Gasteiger partial charge in [-0.25, -0.2) is 15.0 Å². The summed E-state index contributed by atoms with van der Waals surface area (Å²) < 4.78 is 12.6. The topological polar surface area (TPSA) is 90.9 Å². The van der Waals surface area contributed by atoms with Crippen molar-refractivity contribution in [1.82, 2.24) is 24.7 Å². The number of benzene rings is 1. The lowest BCUT2D eigenvalue weighted by molar-refractivity contribution is 0.393. The molecule has 9 heteroatoms. The summed E-state index contributed by atoms with van der Waals surface area (Å²) in [5.41, 5.74) is 5.25. The molecule has 8 nitrogen and oxygen atoms in total. The van der Waals surface area contributed by atoms with E-state index in [4.69, 9.17) is 19.2 Å². The molecule has 162 valence electrons. The smallest absolute Gasteiger partial charge is 0.170 e. The quantitative estimate of drug-likeness (QED) is 0.383. The van der Waals surface area contributed by atoms with Gasteiger partial charge in [-0.15, -0.1) is 0 Å². The Kier molecular flexibility index (Phi) is 5.32. The summed E-state index contributed by atoms with van der Waals surface area (Å²) >= 11 is 1.63. The van der Waals surface area contributed by atoms with Crippen molar-refractivity contribution >= 4 is 28.3 Å². The highest BCUT2D eigenvalue weighted by molar-refractivity contribution is 7.08. The number of rotatable bonds is 7. The van der Waals surface area contributed by atoms with Gasteiger partial charge >= 0.3 is 0 Å². The number of nitrogens with zero attached hydrogens (tertiary/aromatic N) is 5. The highest BCUT2D eigenvalue weighted by atomic mass is 32.1. The maximum Gasteiger partial charge on any atom is 0.170 e. The number of aromatic nitrogens is 5. The van der Waals surface area contributed by atoms with E-state index >= 15 is 0 Å². The zero-order valence-corrected chi connectivity index (χ0v) is 18.8. The number of methoxy groups -OCH3 is 1. The second-order valence-corrected chi connectivity index (χ2v) is 8.17. The number of hydrogen-bond donors (Lipinski definition) is 1. The molecule has 0 aliphatic carbocycles. The number of anilines is 1. The van der Waals surface area contributed by atoms with E-state index in [0.29, 0.717) is 23.9 Å². The third-order valence-corrected chi connectivity index (χ3v) is 5.97. The van der Waals surface area contributed by atoms with Gasteiger partial charge in [-0.2, -0.15) is 11.3 Å². The van der Waals surface area contributed by atoms with Crippen LogP contribution in [0.2, 0.25) is 0 Å². The van der Waals surface area contributed by atoms with Crippen molar-refractivity contribution in [2.24, 2.45) is 0 Å². The highest BCUT2D eigenvalue weighted by Gasteiger charge is 2.20. The molecule has 4 heterocycles. The summed E-state index contributed by atoms with van der Waals surface area (Å²) in [6.45, 7) is 4.47. The first-order valence-electron chi connectivity index (χ1n) is 10.2. The minimum absolute atomic E-state index is 0.567. The van der Waals surface area contributed by atoms with Gasteiger partial charge in [-0.1, -0.05) is 17.3 Å². The summed E-state index contributed by atoms with van der Waals surface area (Å²) in [5.74, 6) is 2.79. The van der Waals surface area contributed by atoms with E-state index in [1.165, 1.54) is 5.56 Å². The van der Waals surface area contributed by atoms with Crippen LogP contribution in [0.3, 0.4) is 0 Å². The third kappa shape index (κ3) is 3.71. The van der Waals surface area contributed by atoms with Crippen molar-refractivity contribution in [3.8, 4) is 22.8 Å². The monoisotopic (exact) mass is 446 g/mol. The predicted molar refractivity (Wildman–Crippen MR) is 125 cm³/mol. The first-order chi connectivity index (χ1) is 15.6. The average Bonchev–Trinajstić information content (AvgIpc) is 3.54. The Morgan fingerprint density at radius 3 is 2.66 bits per heavy atom. The fourth-order valence-electron chi connectivity index (χ4n) is 3.64. The van der Waals surface area contributed by atoms with Crippen LogP contribution in [0.15, 0.2) is 51.9 Å². The molecule has 0 amide bonds. The molecule has 5 rings (SSSR count). The largest absolute Gasteiger partial charge is 0.497 e. The number of hydrogen-bond acceptors (Lipinski definition) is 8. The molecular formula is C23H22N6O2S. The molecule has 0 saturated heterocycles. The van der Waals surface area contributed by atoms with Crippen LogP contribution in [0.25, 0.3) is 28.2 Å². The fraction of sp³-hybridized carbons (Fsp3) is 0.217. The summed E-state index contributed by atoms with van der Waals surface area (Å²) in [5, 5.41) is 11.6. The van der Waals surface area contributed by atoms with Crippen LogP contribution in [-0.2, 0) is 6.42 Å². The number of nitrogens with one attached hydrogen (secondary N) is 1. The van der Waals surface area contributed by atoms with Crippen LogP contribution >= 0.6 is 11.3 Å². The first kappa shape index (κ1) is 20.2. The molecule has 5 aromatic rings. The van der Waals surface area contributed by atoms with Gasteiger partial charge in [0.05, 0.1) is 24.1 Å². The number of fused-ring (bicyclic) bond motifs is 1. The lowest BCUT2D eigenvalue weighted by atomic mass is 10.1. The molecule has 0 spiro atoms. The summed E-state index contributed by atoms with van der Waals surface area (Å²) in [7, 11) is 1.67. The second-order valence-electron chi connectivity index (χ2n) is 7.39. The number of ether oxygens (including phenoxy) is 1. The van der Waals surface area contributed by atoms with Gasteiger partial charge in [-0.3, -0.25) is 4.57 Å². The van der Waals surface area contributed by atoms with E-state index in [2.05, 4.69) is 33.0 Å². The van der Waals surface area contributed by atoms with Gasteiger partial charge in [0.1, 0.15) is 17.8 Å². The van der Waals surface area contributed by atoms with E-state index in [1.54, 1.807) is 24.8 Å². The molecule has 0 saturated carbocycles. The third-order valence-electron chi connectivity index (χ3n) is 5.30. The van der Waals surface area contributed by atoms with Gasteiger partial charge < -0.3 is 14.6 Å². The van der Waals surface area contributed by atoms with E-state index in [1.807, 2.05) is 42.0 Å². The fourth-order valence-corrected chi connectivity index (χ4v) is 4.27. The first-order valence-corrected chi connectivity index (χ1v) is 11.2. The van der Waals surface area contributed by atoms with Gasteiger partial charge in [0.2, 0.25) is 0 Å². The maximum atomic E-state index is 5.36.